The van der Waals surface area contributed by atoms with Gasteiger partial charge in [-0.3, -0.25) is 5.10 Å². The Kier molecular flexibility index (Phi) is 5.67. The molecule has 0 saturated carbocycles. The van der Waals surface area contributed by atoms with Gasteiger partial charge in [0.15, 0.2) is 9.84 Å². The molecule has 0 spiro atoms. The lowest BCUT2D eigenvalue weighted by atomic mass is 10.0. The Balaban J connectivity index is 1.97. The maximum Gasteiger partial charge on any atom is 0.178 e. The van der Waals surface area contributed by atoms with E-state index in [1.54, 1.807) is 24.3 Å². The van der Waals surface area contributed by atoms with Crippen molar-refractivity contribution in [2.24, 2.45) is 0 Å². The van der Waals surface area contributed by atoms with Crippen LogP contribution < -0.4 is 0 Å². The molecule has 0 amide bonds. The van der Waals surface area contributed by atoms with Crippen molar-refractivity contribution >= 4 is 33.0 Å². The predicted octanol–water partition coefficient (Wildman–Crippen LogP) is 4.21. The highest BCUT2D eigenvalue weighted by Gasteiger charge is 2.18. The van der Waals surface area contributed by atoms with Gasteiger partial charge < -0.3 is 5.11 Å². The number of nitrogens with one attached hydrogen (secondary N) is 1. The number of aromatic nitrogens is 2. The summed E-state index contributed by atoms with van der Waals surface area (Å²) in [5.41, 5.74) is 2.93. The van der Waals surface area contributed by atoms with E-state index in [9.17, 15) is 8.42 Å². The number of H-pyrrole nitrogens is 1. The molecule has 5 nitrogen and oxygen atoms in total. The lowest BCUT2D eigenvalue weighted by molar-refractivity contribution is 0.295. The van der Waals surface area contributed by atoms with E-state index in [2.05, 4.69) is 10.2 Å². The van der Waals surface area contributed by atoms with Gasteiger partial charge in [0, 0.05) is 22.8 Å². The van der Waals surface area contributed by atoms with Crippen molar-refractivity contribution in [2.45, 2.75) is 11.3 Å². The summed E-state index contributed by atoms with van der Waals surface area (Å²) in [5.74, 6) is -0.0902. The van der Waals surface area contributed by atoms with Crippen LogP contribution in [0.5, 0.6) is 0 Å². The summed E-state index contributed by atoms with van der Waals surface area (Å²) in [5, 5.41) is 16.9. The average molecular weight is 411 g/mol. The normalized spacial score (nSPS) is 11.7. The van der Waals surface area contributed by atoms with Crippen LogP contribution in [0.1, 0.15) is 6.42 Å². The zero-order valence-electron chi connectivity index (χ0n) is 13.6. The largest absolute Gasteiger partial charge is 0.396 e. The van der Waals surface area contributed by atoms with Gasteiger partial charge in [0.2, 0.25) is 0 Å². The number of aromatic amines is 1. The van der Waals surface area contributed by atoms with Crippen LogP contribution >= 0.6 is 23.2 Å². The number of sulfone groups is 1. The lowest BCUT2D eigenvalue weighted by Gasteiger charge is -2.07. The molecule has 0 aliphatic heterocycles. The third-order valence-corrected chi connectivity index (χ3v) is 6.26. The van der Waals surface area contributed by atoms with Gasteiger partial charge in [-0.1, -0.05) is 47.5 Å². The maximum absolute atomic E-state index is 12.2. The quantitative estimate of drug-likeness (QED) is 0.637. The number of nitrogens with zero attached hydrogens (tertiary/aromatic N) is 1. The summed E-state index contributed by atoms with van der Waals surface area (Å²) in [7, 11) is -3.41. The summed E-state index contributed by atoms with van der Waals surface area (Å²) < 4.78 is 24.4. The maximum atomic E-state index is 12.2. The van der Waals surface area contributed by atoms with Gasteiger partial charge in [0.1, 0.15) is 10.8 Å². The van der Waals surface area contributed by atoms with Crippen molar-refractivity contribution < 1.29 is 13.5 Å². The molecule has 0 fully saturated rings. The molecule has 1 aromatic heterocycles. The number of benzene rings is 2. The van der Waals surface area contributed by atoms with Gasteiger partial charge in [-0.2, -0.15) is 5.10 Å². The van der Waals surface area contributed by atoms with Crippen molar-refractivity contribution in [3.05, 3.63) is 58.7 Å². The van der Waals surface area contributed by atoms with E-state index in [0.717, 1.165) is 16.7 Å². The first kappa shape index (κ1) is 18.9. The Hall–Kier alpha value is -1.86. The van der Waals surface area contributed by atoms with Crippen LogP contribution in [0.2, 0.25) is 10.2 Å². The first-order chi connectivity index (χ1) is 12.4. The van der Waals surface area contributed by atoms with Crippen LogP contribution in [0, 0.1) is 0 Å². The molecule has 0 radical (unpaired) electrons. The second-order valence-electron chi connectivity index (χ2n) is 5.69. The van der Waals surface area contributed by atoms with E-state index in [1.807, 2.05) is 12.1 Å². The molecule has 136 valence electrons. The van der Waals surface area contributed by atoms with Crippen molar-refractivity contribution in [2.75, 3.05) is 12.4 Å². The third-order valence-electron chi connectivity index (χ3n) is 3.91. The number of aliphatic hydroxyl groups excluding tert-OH is 1. The highest BCUT2D eigenvalue weighted by atomic mass is 35.5. The minimum Gasteiger partial charge on any atom is -0.396 e. The number of hydrogen-bond acceptors (Lipinski definition) is 4. The van der Waals surface area contributed by atoms with Crippen LogP contribution in [-0.2, 0) is 9.84 Å². The second-order valence-corrected chi connectivity index (χ2v) is 8.61. The van der Waals surface area contributed by atoms with Crippen LogP contribution in [0.25, 0.3) is 22.4 Å². The highest BCUT2D eigenvalue weighted by molar-refractivity contribution is 7.91. The number of rotatable bonds is 6. The molecule has 8 heteroatoms. The number of aliphatic hydroxyl groups is 1. The van der Waals surface area contributed by atoms with Gasteiger partial charge in [-0.05, 0) is 36.2 Å². The fourth-order valence-corrected chi connectivity index (χ4v) is 4.26. The lowest BCUT2D eigenvalue weighted by Crippen LogP contribution is -2.08. The van der Waals surface area contributed by atoms with Crippen LogP contribution in [0.3, 0.4) is 0 Å². The van der Waals surface area contributed by atoms with Crippen molar-refractivity contribution in [3.8, 4) is 22.4 Å². The van der Waals surface area contributed by atoms with Crippen LogP contribution in [0.15, 0.2) is 53.4 Å². The molecule has 0 unspecified atom stereocenters. The zero-order chi connectivity index (χ0) is 18.7. The smallest absolute Gasteiger partial charge is 0.178 e. The molecule has 0 aliphatic carbocycles. The SMILES string of the molecule is O=S(=O)(CCCO)c1ccc(-c2n[nH]c(Cl)c2-c2ccc(Cl)cc2)cc1. The Morgan fingerprint density at radius 3 is 2.19 bits per heavy atom. The van der Waals surface area contributed by atoms with E-state index in [4.69, 9.17) is 28.3 Å². The minimum absolute atomic E-state index is 0.0902. The van der Waals surface area contributed by atoms with Crippen LogP contribution in [0.4, 0.5) is 0 Å². The molecule has 0 bridgehead atoms. The first-order valence-electron chi connectivity index (χ1n) is 7.86. The molecule has 2 N–H and O–H groups in total. The second kappa shape index (κ2) is 7.80. The van der Waals surface area contributed by atoms with Crippen molar-refractivity contribution in [1.82, 2.24) is 10.2 Å². The Labute approximate surface area is 161 Å². The molecule has 3 rings (SSSR count). The predicted molar refractivity (Wildman–Crippen MR) is 103 cm³/mol. The molecular formula is C18H16Cl2N2O3S. The summed E-state index contributed by atoms with van der Waals surface area (Å²) in [6.45, 7) is -0.159. The average Bonchev–Trinajstić information content (AvgIpc) is 3.02. The highest BCUT2D eigenvalue weighted by Crippen LogP contribution is 2.36. The summed E-state index contributed by atoms with van der Waals surface area (Å²) in [6, 6.07) is 13.7. The molecular weight excluding hydrogens is 395 g/mol. The number of halogens is 2. The third kappa shape index (κ3) is 3.94. The molecule has 26 heavy (non-hydrogen) atoms. The fourth-order valence-electron chi connectivity index (χ4n) is 2.60. The van der Waals surface area contributed by atoms with E-state index < -0.39 is 9.84 Å². The van der Waals surface area contributed by atoms with Gasteiger partial charge in [-0.15, -0.1) is 0 Å². The molecule has 2 aromatic carbocycles. The van der Waals surface area contributed by atoms with Gasteiger partial charge in [0.05, 0.1) is 10.6 Å². The van der Waals surface area contributed by atoms with Crippen molar-refractivity contribution in [1.29, 1.82) is 0 Å². The van der Waals surface area contributed by atoms with E-state index in [0.29, 0.717) is 15.9 Å². The molecule has 3 aromatic rings. The zero-order valence-corrected chi connectivity index (χ0v) is 15.9. The molecule has 0 saturated heterocycles. The Morgan fingerprint density at radius 1 is 0.962 bits per heavy atom. The van der Waals surface area contributed by atoms with Gasteiger partial charge in [0.25, 0.3) is 0 Å². The van der Waals surface area contributed by atoms with Gasteiger partial charge in [-0.25, -0.2) is 8.42 Å². The van der Waals surface area contributed by atoms with E-state index in [1.165, 1.54) is 12.1 Å². The van der Waals surface area contributed by atoms with Crippen molar-refractivity contribution in [3.63, 3.8) is 0 Å². The summed E-state index contributed by atoms with van der Waals surface area (Å²) >= 11 is 12.2. The van der Waals surface area contributed by atoms with Crippen LogP contribution in [-0.4, -0.2) is 36.1 Å². The molecule has 0 aliphatic rings. The Bertz CT molecular complexity index is 998. The monoisotopic (exact) mass is 410 g/mol. The molecule has 1 heterocycles. The first-order valence-corrected chi connectivity index (χ1v) is 10.3. The number of hydrogen-bond donors (Lipinski definition) is 2. The summed E-state index contributed by atoms with van der Waals surface area (Å²) in [6.07, 6.45) is 0.208. The fraction of sp³-hybridized carbons (Fsp3) is 0.167. The van der Waals surface area contributed by atoms with Gasteiger partial charge >= 0.3 is 0 Å². The Morgan fingerprint density at radius 2 is 1.58 bits per heavy atom. The summed E-state index contributed by atoms with van der Waals surface area (Å²) in [4.78, 5) is 0.212. The topological polar surface area (TPSA) is 83.1 Å². The minimum atomic E-state index is -3.41. The van der Waals surface area contributed by atoms with E-state index in [-0.39, 0.29) is 23.7 Å². The van der Waals surface area contributed by atoms with E-state index >= 15 is 0 Å². The molecule has 0 atom stereocenters. The standard InChI is InChI=1S/C18H16Cl2N2O3S/c19-14-6-2-12(3-7-14)16-17(21-22-18(16)20)13-4-8-15(9-5-13)26(24,25)11-1-10-23/h2-9,23H,1,10-11H2,(H,21,22).